The lowest BCUT2D eigenvalue weighted by molar-refractivity contribution is 0.182. The van der Waals surface area contributed by atoms with E-state index >= 15 is 0 Å². The number of halogens is 2. The molecule has 0 aromatic rings. The minimum atomic E-state index is -0.898. The van der Waals surface area contributed by atoms with Crippen molar-refractivity contribution >= 4 is 22.6 Å². The van der Waals surface area contributed by atoms with Gasteiger partial charge >= 0.3 is 0 Å². The Kier molecular flexibility index (Phi) is 5.38. The van der Waals surface area contributed by atoms with Crippen LogP contribution in [-0.4, -0.2) is 17.9 Å². The summed E-state index contributed by atoms with van der Waals surface area (Å²) in [6.45, 7) is 1.26. The highest BCUT2D eigenvalue weighted by molar-refractivity contribution is 14.1. The predicted octanol–water partition coefficient (Wildman–Crippen LogP) is 2.05. The van der Waals surface area contributed by atoms with Crippen molar-refractivity contribution in [2.24, 2.45) is 0 Å². The number of allylic oxidation sites excluding steroid dienone is 1. The summed E-state index contributed by atoms with van der Waals surface area (Å²) in [4.78, 5) is 0. The molecule has 0 amide bonds. The van der Waals surface area contributed by atoms with Gasteiger partial charge < -0.3 is 5.11 Å². The molecule has 0 heterocycles. The third-order valence-corrected chi connectivity index (χ3v) is 2.02. The van der Waals surface area contributed by atoms with Gasteiger partial charge in [-0.15, -0.1) is 0 Å². The van der Waals surface area contributed by atoms with E-state index in [1.54, 1.807) is 0 Å². The molecule has 0 radical (unpaired) electrons. The predicted molar refractivity (Wildman–Crippen MR) is 44.4 cm³/mol. The molecule has 0 saturated heterocycles. The average Bonchev–Trinajstić information content (AvgIpc) is 1.87. The van der Waals surface area contributed by atoms with Gasteiger partial charge in [0.05, 0.1) is 0 Å². The molecule has 1 N–H and O–H groups in total. The fourth-order valence-electron chi connectivity index (χ4n) is 0.405. The maximum atomic E-state index is 11.7. The van der Waals surface area contributed by atoms with Gasteiger partial charge in [-0.2, -0.15) is 0 Å². The number of alkyl halides is 1. The molecule has 0 aliphatic carbocycles. The zero-order valence-electron chi connectivity index (χ0n) is 5.27. The highest BCUT2D eigenvalue weighted by Crippen LogP contribution is 2.12. The molecule has 0 aliphatic heterocycles. The van der Waals surface area contributed by atoms with Crippen LogP contribution in [0.15, 0.2) is 9.66 Å². The molecule has 0 rings (SSSR count). The first-order valence-electron chi connectivity index (χ1n) is 2.82. The zero-order chi connectivity index (χ0) is 7.28. The van der Waals surface area contributed by atoms with Crippen molar-refractivity contribution in [1.29, 1.82) is 0 Å². The number of rotatable bonds is 3. The Morgan fingerprint density at radius 2 is 2.44 bits per heavy atom. The molecule has 0 bridgehead atoms. The van der Waals surface area contributed by atoms with E-state index < -0.39 is 12.8 Å². The summed E-state index contributed by atoms with van der Waals surface area (Å²) in [5.74, 6) is 0. The molecule has 1 atom stereocenters. The van der Waals surface area contributed by atoms with Crippen LogP contribution in [0.25, 0.3) is 0 Å². The Bertz CT molecular complexity index is 103. The highest BCUT2D eigenvalue weighted by Gasteiger charge is 2.04. The quantitative estimate of drug-likeness (QED) is 0.753. The second-order valence-corrected chi connectivity index (χ2v) is 2.91. The lowest BCUT2D eigenvalue weighted by Crippen LogP contribution is -2.07. The number of aliphatic hydroxyl groups is 1. The minimum Gasteiger partial charge on any atom is -0.385 e. The summed E-state index contributed by atoms with van der Waals surface area (Å²) in [5.41, 5.74) is 0. The van der Waals surface area contributed by atoms with Gasteiger partial charge in [-0.25, -0.2) is 4.39 Å². The largest absolute Gasteiger partial charge is 0.385 e. The van der Waals surface area contributed by atoms with Crippen molar-refractivity contribution in [2.75, 3.05) is 6.67 Å². The normalized spacial score (nSPS) is 15.8. The minimum absolute atomic E-state index is 0.686. The third kappa shape index (κ3) is 3.86. The molecule has 1 nitrogen and oxygen atoms in total. The van der Waals surface area contributed by atoms with Crippen LogP contribution in [0.4, 0.5) is 4.39 Å². The van der Waals surface area contributed by atoms with Crippen LogP contribution in [-0.2, 0) is 0 Å². The Labute approximate surface area is 68.1 Å². The summed E-state index contributed by atoms with van der Waals surface area (Å²) in [6.07, 6.45) is 1.76. The first-order chi connectivity index (χ1) is 4.22. The van der Waals surface area contributed by atoms with E-state index in [1.807, 2.05) is 35.6 Å². The van der Waals surface area contributed by atoms with Crippen LogP contribution in [0.2, 0.25) is 0 Å². The lowest BCUT2D eigenvalue weighted by Gasteiger charge is -2.02. The average molecular weight is 244 g/mol. The summed E-state index contributed by atoms with van der Waals surface area (Å²) >= 11 is 1.94. The van der Waals surface area contributed by atoms with Gasteiger partial charge in [-0.3, -0.25) is 0 Å². The Balaban J connectivity index is 3.70. The fraction of sp³-hybridized carbons (Fsp3) is 0.667. The maximum absolute atomic E-state index is 11.7. The zero-order valence-corrected chi connectivity index (χ0v) is 7.43. The first-order valence-corrected chi connectivity index (χ1v) is 3.89. The van der Waals surface area contributed by atoms with Gasteiger partial charge in [0.25, 0.3) is 0 Å². The molecular weight excluding hydrogens is 234 g/mol. The van der Waals surface area contributed by atoms with Crippen molar-refractivity contribution in [2.45, 2.75) is 19.4 Å². The number of hydrogen-bond donors (Lipinski definition) is 1. The third-order valence-electron chi connectivity index (χ3n) is 0.864. The van der Waals surface area contributed by atoms with E-state index in [4.69, 9.17) is 5.11 Å². The number of hydrogen-bond acceptors (Lipinski definition) is 1. The van der Waals surface area contributed by atoms with Crippen LogP contribution in [0, 0.1) is 0 Å². The molecular formula is C6H10FIO. The maximum Gasteiger partial charge on any atom is 0.120 e. The van der Waals surface area contributed by atoms with Gasteiger partial charge in [-0.1, -0.05) is 13.0 Å². The molecule has 0 aromatic heterocycles. The van der Waals surface area contributed by atoms with Crippen molar-refractivity contribution in [3.63, 3.8) is 0 Å². The van der Waals surface area contributed by atoms with Crippen molar-refractivity contribution < 1.29 is 9.50 Å². The molecule has 0 fully saturated rings. The molecule has 54 valence electrons. The summed E-state index contributed by atoms with van der Waals surface area (Å²) in [6, 6.07) is 0. The lowest BCUT2D eigenvalue weighted by atomic mass is 10.3. The molecule has 0 saturated carbocycles. The van der Waals surface area contributed by atoms with Crippen molar-refractivity contribution in [3.05, 3.63) is 9.66 Å². The van der Waals surface area contributed by atoms with Crippen LogP contribution in [0.1, 0.15) is 13.3 Å². The summed E-state index contributed by atoms with van der Waals surface area (Å²) in [5, 5.41) is 8.81. The van der Waals surface area contributed by atoms with Gasteiger partial charge in [0.2, 0.25) is 0 Å². The smallest absolute Gasteiger partial charge is 0.120 e. The van der Waals surface area contributed by atoms with E-state index in [-0.39, 0.29) is 0 Å². The van der Waals surface area contributed by atoms with E-state index in [0.29, 0.717) is 3.58 Å². The molecule has 3 heteroatoms. The van der Waals surface area contributed by atoms with Crippen molar-refractivity contribution in [3.8, 4) is 0 Å². The van der Waals surface area contributed by atoms with Crippen molar-refractivity contribution in [1.82, 2.24) is 0 Å². The van der Waals surface area contributed by atoms with E-state index in [0.717, 1.165) is 6.42 Å². The van der Waals surface area contributed by atoms with Gasteiger partial charge in [0.1, 0.15) is 12.8 Å². The van der Waals surface area contributed by atoms with Crippen LogP contribution >= 0.6 is 22.6 Å². The fourth-order valence-corrected chi connectivity index (χ4v) is 1.01. The molecule has 0 spiro atoms. The summed E-state index contributed by atoms with van der Waals surface area (Å²) < 4.78 is 12.4. The molecule has 0 aromatic carbocycles. The van der Waals surface area contributed by atoms with Gasteiger partial charge in [-0.05, 0) is 29.0 Å². The number of aliphatic hydroxyl groups excluding tert-OH is 1. The standard InChI is InChI=1S/C6H10FIO/c1-2-3-5(8)6(9)4-7/h3,6,9H,2,4H2,1H3. The Morgan fingerprint density at radius 1 is 1.89 bits per heavy atom. The highest BCUT2D eigenvalue weighted by atomic mass is 127. The van der Waals surface area contributed by atoms with E-state index in [1.165, 1.54) is 0 Å². The second-order valence-electron chi connectivity index (χ2n) is 1.67. The van der Waals surface area contributed by atoms with E-state index in [2.05, 4.69) is 0 Å². The van der Waals surface area contributed by atoms with Gasteiger partial charge in [0, 0.05) is 3.58 Å². The monoisotopic (exact) mass is 244 g/mol. The van der Waals surface area contributed by atoms with Crippen LogP contribution < -0.4 is 0 Å². The van der Waals surface area contributed by atoms with Gasteiger partial charge in [0.15, 0.2) is 0 Å². The Morgan fingerprint density at radius 3 is 2.78 bits per heavy atom. The van der Waals surface area contributed by atoms with Crippen LogP contribution in [0.5, 0.6) is 0 Å². The second kappa shape index (κ2) is 5.17. The summed E-state index contributed by atoms with van der Waals surface area (Å²) in [7, 11) is 0. The molecule has 9 heavy (non-hydrogen) atoms. The topological polar surface area (TPSA) is 20.2 Å². The Hall–Kier alpha value is 0.360. The van der Waals surface area contributed by atoms with E-state index in [9.17, 15) is 4.39 Å². The molecule has 0 aliphatic rings. The first kappa shape index (κ1) is 9.36. The SMILES string of the molecule is CCC=C(I)C(O)CF. The molecule has 1 unspecified atom stereocenters. The van der Waals surface area contributed by atoms with Crippen LogP contribution in [0.3, 0.4) is 0 Å².